The van der Waals surface area contributed by atoms with Crippen molar-refractivity contribution < 1.29 is 9.13 Å². The van der Waals surface area contributed by atoms with Crippen molar-refractivity contribution in [2.24, 2.45) is 0 Å². The zero-order valence-electron chi connectivity index (χ0n) is 10.8. The number of ether oxygens (including phenoxy) is 1. The molecule has 18 heavy (non-hydrogen) atoms. The lowest BCUT2D eigenvalue weighted by atomic mass is 10.00. The molecule has 2 unspecified atom stereocenters. The standard InChI is InChI=1S/C14H19BrFNO/c1-10-7-12(18-2)5-6-17(10)9-11-3-4-14(16)13(15)8-11/h3-4,8,10,12H,5-7,9H2,1-2H3. The Hall–Kier alpha value is -0.450. The lowest BCUT2D eigenvalue weighted by molar-refractivity contribution is 0.0129. The van der Waals surface area contributed by atoms with Crippen molar-refractivity contribution in [2.45, 2.75) is 38.5 Å². The van der Waals surface area contributed by atoms with E-state index in [2.05, 4.69) is 27.8 Å². The van der Waals surface area contributed by atoms with Gasteiger partial charge in [-0.05, 0) is 53.4 Å². The number of rotatable bonds is 3. The topological polar surface area (TPSA) is 12.5 Å². The smallest absolute Gasteiger partial charge is 0.137 e. The summed E-state index contributed by atoms with van der Waals surface area (Å²) in [4.78, 5) is 2.43. The lowest BCUT2D eigenvalue weighted by Gasteiger charge is -2.37. The summed E-state index contributed by atoms with van der Waals surface area (Å²) in [6, 6.07) is 5.75. The highest BCUT2D eigenvalue weighted by atomic mass is 79.9. The van der Waals surface area contributed by atoms with E-state index in [1.165, 1.54) is 6.07 Å². The summed E-state index contributed by atoms with van der Waals surface area (Å²) in [5.74, 6) is -0.204. The summed E-state index contributed by atoms with van der Waals surface area (Å²) in [5.41, 5.74) is 1.14. The summed E-state index contributed by atoms with van der Waals surface area (Å²) in [5, 5.41) is 0. The van der Waals surface area contributed by atoms with E-state index in [4.69, 9.17) is 4.74 Å². The Morgan fingerprint density at radius 1 is 1.50 bits per heavy atom. The highest BCUT2D eigenvalue weighted by Crippen LogP contribution is 2.23. The largest absolute Gasteiger partial charge is 0.381 e. The molecule has 0 saturated carbocycles. The second-order valence-corrected chi connectivity index (χ2v) is 5.80. The molecule has 0 amide bonds. The molecule has 1 aromatic carbocycles. The van der Waals surface area contributed by atoms with Crippen molar-refractivity contribution in [3.05, 3.63) is 34.1 Å². The SMILES string of the molecule is COC1CCN(Cc2ccc(F)c(Br)c2)C(C)C1. The van der Waals surface area contributed by atoms with Gasteiger partial charge in [0.05, 0.1) is 10.6 Å². The van der Waals surface area contributed by atoms with Crippen LogP contribution in [0.4, 0.5) is 4.39 Å². The Bertz CT molecular complexity index is 413. The number of nitrogens with zero attached hydrogens (tertiary/aromatic N) is 1. The highest BCUT2D eigenvalue weighted by molar-refractivity contribution is 9.10. The molecule has 0 radical (unpaired) electrons. The van der Waals surface area contributed by atoms with Gasteiger partial charge in [-0.25, -0.2) is 4.39 Å². The molecule has 0 spiro atoms. The third kappa shape index (κ3) is 3.31. The molecule has 4 heteroatoms. The zero-order chi connectivity index (χ0) is 13.1. The van der Waals surface area contributed by atoms with Crippen LogP contribution in [0.5, 0.6) is 0 Å². The Morgan fingerprint density at radius 2 is 2.28 bits per heavy atom. The maximum absolute atomic E-state index is 13.2. The minimum absolute atomic E-state index is 0.204. The van der Waals surface area contributed by atoms with Crippen LogP contribution >= 0.6 is 15.9 Å². The first-order valence-corrected chi connectivity index (χ1v) is 7.10. The highest BCUT2D eigenvalue weighted by Gasteiger charge is 2.25. The Balaban J connectivity index is 1.99. The molecule has 100 valence electrons. The van der Waals surface area contributed by atoms with Gasteiger partial charge in [-0.1, -0.05) is 6.07 Å². The average molecular weight is 316 g/mol. The van der Waals surface area contributed by atoms with E-state index in [0.29, 0.717) is 16.6 Å². The van der Waals surface area contributed by atoms with Gasteiger partial charge in [-0.2, -0.15) is 0 Å². The van der Waals surface area contributed by atoms with Crippen molar-refractivity contribution in [1.29, 1.82) is 0 Å². The van der Waals surface area contributed by atoms with Gasteiger partial charge in [-0.3, -0.25) is 4.90 Å². The maximum atomic E-state index is 13.2. The summed E-state index contributed by atoms with van der Waals surface area (Å²) in [6.07, 6.45) is 2.53. The second-order valence-electron chi connectivity index (χ2n) is 4.95. The number of halogens is 2. The predicted octanol–water partition coefficient (Wildman–Crippen LogP) is 3.59. The van der Waals surface area contributed by atoms with Crippen LogP contribution in [0, 0.1) is 5.82 Å². The van der Waals surface area contributed by atoms with Crippen LogP contribution in [-0.2, 0) is 11.3 Å². The molecular weight excluding hydrogens is 297 g/mol. The first-order valence-electron chi connectivity index (χ1n) is 6.31. The van der Waals surface area contributed by atoms with Gasteiger partial charge in [-0.15, -0.1) is 0 Å². The van der Waals surface area contributed by atoms with Crippen molar-refractivity contribution in [1.82, 2.24) is 4.90 Å². The number of benzene rings is 1. The third-order valence-electron chi connectivity index (χ3n) is 3.67. The van der Waals surface area contributed by atoms with Crippen LogP contribution in [0.2, 0.25) is 0 Å². The molecule has 2 nitrogen and oxygen atoms in total. The van der Waals surface area contributed by atoms with Gasteiger partial charge in [0, 0.05) is 26.2 Å². The van der Waals surface area contributed by atoms with Gasteiger partial charge in [0.15, 0.2) is 0 Å². The molecular formula is C14H19BrFNO. The van der Waals surface area contributed by atoms with Gasteiger partial charge >= 0.3 is 0 Å². The fourth-order valence-corrected chi connectivity index (χ4v) is 2.93. The molecule has 0 bridgehead atoms. The van der Waals surface area contributed by atoms with Gasteiger partial charge in [0.2, 0.25) is 0 Å². The van der Waals surface area contributed by atoms with E-state index < -0.39 is 0 Å². The zero-order valence-corrected chi connectivity index (χ0v) is 12.4. The van der Waals surface area contributed by atoms with Crippen LogP contribution in [-0.4, -0.2) is 30.7 Å². The van der Waals surface area contributed by atoms with Gasteiger partial charge in [0.25, 0.3) is 0 Å². The molecule has 1 aliphatic rings. The minimum atomic E-state index is -0.204. The molecule has 1 heterocycles. The van der Waals surface area contributed by atoms with Gasteiger partial charge in [0.1, 0.15) is 5.82 Å². The second kappa shape index (κ2) is 6.13. The molecule has 1 aromatic rings. The normalized spacial score (nSPS) is 25.3. The first-order chi connectivity index (χ1) is 8.60. The number of hydrogen-bond acceptors (Lipinski definition) is 2. The van der Waals surface area contributed by atoms with Crippen LogP contribution in [0.25, 0.3) is 0 Å². The summed E-state index contributed by atoms with van der Waals surface area (Å²) < 4.78 is 19.1. The van der Waals surface area contributed by atoms with Crippen LogP contribution in [0.1, 0.15) is 25.3 Å². The molecule has 2 atom stereocenters. The third-order valence-corrected chi connectivity index (χ3v) is 4.28. The average Bonchev–Trinajstić information content (AvgIpc) is 2.36. The molecule has 2 rings (SSSR count). The summed E-state index contributed by atoms with van der Waals surface area (Å²) >= 11 is 3.23. The quantitative estimate of drug-likeness (QED) is 0.845. The van der Waals surface area contributed by atoms with Crippen molar-refractivity contribution in [3.8, 4) is 0 Å². The predicted molar refractivity (Wildman–Crippen MR) is 74.0 cm³/mol. The number of hydrogen-bond donors (Lipinski definition) is 0. The summed E-state index contributed by atoms with van der Waals surface area (Å²) in [6.45, 7) is 4.13. The summed E-state index contributed by atoms with van der Waals surface area (Å²) in [7, 11) is 1.78. The van der Waals surface area contributed by atoms with Crippen LogP contribution < -0.4 is 0 Å². The monoisotopic (exact) mass is 315 g/mol. The Labute approximate surface area is 116 Å². The maximum Gasteiger partial charge on any atom is 0.137 e. The van der Waals surface area contributed by atoms with Crippen LogP contribution in [0.15, 0.2) is 22.7 Å². The van der Waals surface area contributed by atoms with Crippen molar-refractivity contribution >= 4 is 15.9 Å². The van der Waals surface area contributed by atoms with E-state index in [9.17, 15) is 4.39 Å². The molecule has 0 aromatic heterocycles. The van der Waals surface area contributed by atoms with E-state index in [0.717, 1.165) is 31.5 Å². The van der Waals surface area contributed by atoms with Gasteiger partial charge < -0.3 is 4.74 Å². The van der Waals surface area contributed by atoms with Crippen molar-refractivity contribution in [2.75, 3.05) is 13.7 Å². The van der Waals surface area contributed by atoms with Crippen molar-refractivity contribution in [3.63, 3.8) is 0 Å². The first kappa shape index (κ1) is 14.0. The number of piperidine rings is 1. The van der Waals surface area contributed by atoms with E-state index >= 15 is 0 Å². The fraction of sp³-hybridized carbons (Fsp3) is 0.571. The Morgan fingerprint density at radius 3 is 2.89 bits per heavy atom. The molecule has 0 aliphatic carbocycles. The number of methoxy groups -OCH3 is 1. The molecule has 1 saturated heterocycles. The fourth-order valence-electron chi connectivity index (χ4n) is 2.50. The van der Waals surface area contributed by atoms with Crippen LogP contribution in [0.3, 0.4) is 0 Å². The Kier molecular flexibility index (Phi) is 4.76. The van der Waals surface area contributed by atoms with E-state index in [1.54, 1.807) is 7.11 Å². The van der Waals surface area contributed by atoms with E-state index in [1.807, 2.05) is 12.1 Å². The number of likely N-dealkylation sites (tertiary alicyclic amines) is 1. The molecule has 1 fully saturated rings. The van der Waals surface area contributed by atoms with E-state index in [-0.39, 0.29) is 5.82 Å². The minimum Gasteiger partial charge on any atom is -0.381 e. The molecule has 1 aliphatic heterocycles. The molecule has 0 N–H and O–H groups in total. The lowest BCUT2D eigenvalue weighted by Crippen LogP contribution is -2.42.